The van der Waals surface area contributed by atoms with E-state index >= 15 is 0 Å². The second-order valence-electron chi connectivity index (χ2n) is 5.22. The van der Waals surface area contributed by atoms with Crippen molar-refractivity contribution in [1.29, 1.82) is 0 Å². The zero-order valence-electron chi connectivity index (χ0n) is 11.5. The Balaban J connectivity index is 1.77. The smallest absolute Gasteiger partial charge is 0.231 e. The molecule has 1 saturated heterocycles. The maximum atomic E-state index is 5.47. The van der Waals surface area contributed by atoms with Crippen molar-refractivity contribution in [2.24, 2.45) is 0 Å². The molecule has 1 aromatic rings. The lowest BCUT2D eigenvalue weighted by atomic mass is 10.1. The van der Waals surface area contributed by atoms with Gasteiger partial charge in [-0.3, -0.25) is 4.90 Å². The number of fused-ring (bicyclic) bond motifs is 1. The number of hydrogen-bond donors (Lipinski definition) is 0. The summed E-state index contributed by atoms with van der Waals surface area (Å²) in [6.07, 6.45) is 5.34. The van der Waals surface area contributed by atoms with Crippen LogP contribution in [0.2, 0.25) is 0 Å². The summed E-state index contributed by atoms with van der Waals surface area (Å²) in [5.41, 5.74) is 1.24. The lowest BCUT2D eigenvalue weighted by molar-refractivity contribution is 0.171. The number of nitrogens with zero attached hydrogens (tertiary/aromatic N) is 1. The van der Waals surface area contributed by atoms with E-state index in [2.05, 4.69) is 17.0 Å². The molecule has 0 saturated carbocycles. The van der Waals surface area contributed by atoms with Crippen LogP contribution in [0.4, 0.5) is 0 Å². The molecule has 104 valence electrons. The Morgan fingerprint density at radius 1 is 1.11 bits per heavy atom. The van der Waals surface area contributed by atoms with Crippen molar-refractivity contribution in [2.45, 2.75) is 32.2 Å². The molecule has 19 heavy (non-hydrogen) atoms. The predicted molar refractivity (Wildman–Crippen MR) is 72.9 cm³/mol. The number of benzene rings is 1. The molecule has 0 N–H and O–H groups in total. The Bertz CT molecular complexity index is 439. The van der Waals surface area contributed by atoms with Crippen molar-refractivity contribution < 1.29 is 14.2 Å². The van der Waals surface area contributed by atoms with Gasteiger partial charge in [-0.1, -0.05) is 12.8 Å². The van der Waals surface area contributed by atoms with Crippen LogP contribution in [0.25, 0.3) is 0 Å². The highest BCUT2D eigenvalue weighted by atomic mass is 16.7. The van der Waals surface area contributed by atoms with E-state index in [1.54, 1.807) is 7.11 Å². The summed E-state index contributed by atoms with van der Waals surface area (Å²) in [5.74, 6) is 2.33. The quantitative estimate of drug-likeness (QED) is 0.839. The Hall–Kier alpha value is -1.42. The second kappa shape index (κ2) is 5.70. The van der Waals surface area contributed by atoms with Crippen molar-refractivity contribution in [3.8, 4) is 17.2 Å². The summed E-state index contributed by atoms with van der Waals surface area (Å²) in [7, 11) is 1.67. The van der Waals surface area contributed by atoms with Gasteiger partial charge in [0.15, 0.2) is 11.5 Å². The second-order valence-corrected chi connectivity index (χ2v) is 5.22. The largest absolute Gasteiger partial charge is 0.493 e. The van der Waals surface area contributed by atoms with E-state index in [0.29, 0.717) is 6.79 Å². The number of methoxy groups -OCH3 is 1. The van der Waals surface area contributed by atoms with Crippen molar-refractivity contribution in [3.05, 3.63) is 17.7 Å². The van der Waals surface area contributed by atoms with Crippen LogP contribution in [0.5, 0.6) is 17.2 Å². The van der Waals surface area contributed by atoms with Gasteiger partial charge in [-0.15, -0.1) is 0 Å². The normalized spacial score (nSPS) is 19.2. The summed E-state index contributed by atoms with van der Waals surface area (Å²) in [5, 5.41) is 0. The number of hydrogen-bond acceptors (Lipinski definition) is 4. The number of ether oxygens (including phenoxy) is 3. The standard InChI is InChI=1S/C15H21NO3/c1-17-13-8-12(9-14-15(13)19-11-18-14)10-16-6-4-2-3-5-7-16/h8-9H,2-7,10-11H2,1H3. The van der Waals surface area contributed by atoms with Crippen LogP contribution in [0, 0.1) is 0 Å². The molecule has 0 unspecified atom stereocenters. The first kappa shape index (κ1) is 12.6. The van der Waals surface area contributed by atoms with Crippen molar-refractivity contribution in [1.82, 2.24) is 4.90 Å². The summed E-state index contributed by atoms with van der Waals surface area (Å²) in [6, 6.07) is 4.15. The summed E-state index contributed by atoms with van der Waals surface area (Å²) in [6.45, 7) is 3.64. The highest BCUT2D eigenvalue weighted by Gasteiger charge is 2.21. The van der Waals surface area contributed by atoms with Gasteiger partial charge in [0.25, 0.3) is 0 Å². The fraction of sp³-hybridized carbons (Fsp3) is 0.600. The number of rotatable bonds is 3. The molecule has 1 aromatic carbocycles. The molecule has 0 amide bonds. The van der Waals surface area contributed by atoms with Gasteiger partial charge in [0, 0.05) is 6.54 Å². The fourth-order valence-corrected chi connectivity index (χ4v) is 2.83. The Kier molecular flexibility index (Phi) is 3.78. The van der Waals surface area contributed by atoms with Crippen LogP contribution >= 0.6 is 0 Å². The van der Waals surface area contributed by atoms with Crippen molar-refractivity contribution in [2.75, 3.05) is 27.0 Å². The Morgan fingerprint density at radius 3 is 2.63 bits per heavy atom. The van der Waals surface area contributed by atoms with Gasteiger partial charge in [-0.25, -0.2) is 0 Å². The third-order valence-corrected chi connectivity index (χ3v) is 3.82. The van der Waals surface area contributed by atoms with E-state index in [-0.39, 0.29) is 0 Å². The van der Waals surface area contributed by atoms with Gasteiger partial charge in [0.2, 0.25) is 12.5 Å². The molecular formula is C15H21NO3. The van der Waals surface area contributed by atoms with Crippen LogP contribution < -0.4 is 14.2 Å². The van der Waals surface area contributed by atoms with Gasteiger partial charge in [-0.05, 0) is 43.6 Å². The molecule has 0 aliphatic carbocycles. The molecule has 3 rings (SSSR count). The van der Waals surface area contributed by atoms with Crippen molar-refractivity contribution in [3.63, 3.8) is 0 Å². The number of likely N-dealkylation sites (tertiary alicyclic amines) is 1. The van der Waals surface area contributed by atoms with Crippen LogP contribution in [0.3, 0.4) is 0 Å². The van der Waals surface area contributed by atoms with E-state index in [4.69, 9.17) is 14.2 Å². The van der Waals surface area contributed by atoms with Crippen LogP contribution in [-0.2, 0) is 6.54 Å². The first-order valence-electron chi connectivity index (χ1n) is 7.05. The lowest BCUT2D eigenvalue weighted by Gasteiger charge is -2.20. The average Bonchev–Trinajstić information content (AvgIpc) is 2.75. The monoisotopic (exact) mass is 263 g/mol. The minimum atomic E-state index is 0.291. The molecule has 2 heterocycles. The zero-order valence-corrected chi connectivity index (χ0v) is 11.5. The first-order chi connectivity index (χ1) is 9.36. The SMILES string of the molecule is COc1cc(CN2CCCCCC2)cc2c1OCO2. The molecule has 0 spiro atoms. The van der Waals surface area contributed by atoms with Crippen molar-refractivity contribution >= 4 is 0 Å². The van der Waals surface area contributed by atoms with Crippen LogP contribution in [0.1, 0.15) is 31.2 Å². The Morgan fingerprint density at radius 2 is 1.89 bits per heavy atom. The van der Waals surface area contributed by atoms with E-state index in [1.165, 1.54) is 44.3 Å². The molecule has 4 heteroatoms. The summed E-state index contributed by atoms with van der Waals surface area (Å²) >= 11 is 0. The van der Waals surface area contributed by atoms with Gasteiger partial charge in [-0.2, -0.15) is 0 Å². The third-order valence-electron chi connectivity index (χ3n) is 3.82. The molecule has 4 nitrogen and oxygen atoms in total. The summed E-state index contributed by atoms with van der Waals surface area (Å²) in [4.78, 5) is 2.52. The average molecular weight is 263 g/mol. The molecular weight excluding hydrogens is 242 g/mol. The zero-order chi connectivity index (χ0) is 13.1. The Labute approximate surface area is 114 Å². The van der Waals surface area contributed by atoms with Crippen LogP contribution in [0.15, 0.2) is 12.1 Å². The van der Waals surface area contributed by atoms with E-state index in [0.717, 1.165) is 23.8 Å². The van der Waals surface area contributed by atoms with E-state index in [9.17, 15) is 0 Å². The third kappa shape index (κ3) is 2.78. The van der Waals surface area contributed by atoms with E-state index in [1.807, 2.05) is 0 Å². The van der Waals surface area contributed by atoms with Gasteiger partial charge in [0.1, 0.15) is 0 Å². The maximum absolute atomic E-state index is 5.47. The minimum Gasteiger partial charge on any atom is -0.493 e. The van der Waals surface area contributed by atoms with Gasteiger partial charge >= 0.3 is 0 Å². The minimum absolute atomic E-state index is 0.291. The molecule has 0 atom stereocenters. The summed E-state index contributed by atoms with van der Waals surface area (Å²) < 4.78 is 16.3. The highest BCUT2D eigenvalue weighted by molar-refractivity contribution is 5.55. The van der Waals surface area contributed by atoms with E-state index < -0.39 is 0 Å². The molecule has 0 radical (unpaired) electrons. The fourth-order valence-electron chi connectivity index (χ4n) is 2.83. The maximum Gasteiger partial charge on any atom is 0.231 e. The molecule has 0 bridgehead atoms. The van der Waals surface area contributed by atoms with Crippen LogP contribution in [-0.4, -0.2) is 31.9 Å². The van der Waals surface area contributed by atoms with Gasteiger partial charge < -0.3 is 14.2 Å². The topological polar surface area (TPSA) is 30.9 Å². The highest BCUT2D eigenvalue weighted by Crippen LogP contribution is 2.42. The molecule has 2 aliphatic rings. The molecule has 0 aromatic heterocycles. The lowest BCUT2D eigenvalue weighted by Crippen LogP contribution is -2.23. The molecule has 2 aliphatic heterocycles. The first-order valence-corrected chi connectivity index (χ1v) is 7.05. The predicted octanol–water partition coefficient (Wildman–Crippen LogP) is 2.80. The molecule has 1 fully saturated rings. The van der Waals surface area contributed by atoms with Gasteiger partial charge in [0.05, 0.1) is 7.11 Å².